The minimum Gasteiger partial charge on any atom is -0.458 e. The van der Waals surface area contributed by atoms with Crippen LogP contribution in [0.15, 0.2) is 12.7 Å². The van der Waals surface area contributed by atoms with Crippen LogP contribution in [0.2, 0.25) is 0 Å². The number of hydrogen-bond donors (Lipinski definition) is 0. The van der Waals surface area contributed by atoms with Crippen molar-refractivity contribution in [2.24, 2.45) is 23.7 Å². The van der Waals surface area contributed by atoms with Crippen molar-refractivity contribution in [2.45, 2.75) is 51.0 Å². The number of esters is 1. The molecular formula is C15H22O2. The van der Waals surface area contributed by atoms with E-state index in [9.17, 15) is 4.79 Å². The lowest BCUT2D eigenvalue weighted by Gasteiger charge is -2.60. The monoisotopic (exact) mass is 234 g/mol. The van der Waals surface area contributed by atoms with Crippen LogP contribution < -0.4 is 0 Å². The number of carbonyl (C=O) groups is 1. The van der Waals surface area contributed by atoms with Gasteiger partial charge in [0.2, 0.25) is 0 Å². The first-order chi connectivity index (χ1) is 8.14. The molecule has 2 heteroatoms. The molecule has 0 spiro atoms. The summed E-state index contributed by atoms with van der Waals surface area (Å²) in [6.07, 6.45) is 9.31. The molecular weight excluding hydrogens is 212 g/mol. The van der Waals surface area contributed by atoms with E-state index < -0.39 is 0 Å². The Bertz CT molecular complexity index is 317. The molecule has 4 aliphatic rings. The van der Waals surface area contributed by atoms with E-state index in [1.807, 2.05) is 6.08 Å². The zero-order valence-electron chi connectivity index (χ0n) is 10.7. The van der Waals surface area contributed by atoms with Crippen LogP contribution in [0.3, 0.4) is 0 Å². The van der Waals surface area contributed by atoms with Gasteiger partial charge in [0.1, 0.15) is 5.60 Å². The third-order valence-corrected chi connectivity index (χ3v) is 5.32. The van der Waals surface area contributed by atoms with Gasteiger partial charge in [0, 0.05) is 13.3 Å². The summed E-state index contributed by atoms with van der Waals surface area (Å²) >= 11 is 0. The summed E-state index contributed by atoms with van der Waals surface area (Å²) in [5.74, 6) is 2.90. The number of carbonyl (C=O) groups excluding carboxylic acids is 1. The molecule has 4 aliphatic carbocycles. The fourth-order valence-corrected chi connectivity index (χ4v) is 5.02. The maximum atomic E-state index is 11.5. The van der Waals surface area contributed by atoms with Gasteiger partial charge in [-0.05, 0) is 55.8 Å². The average molecular weight is 234 g/mol. The Balaban J connectivity index is 1.92. The molecule has 4 rings (SSSR count). The number of hydrogen-bond acceptors (Lipinski definition) is 2. The second-order valence-corrected chi connectivity index (χ2v) is 6.35. The number of rotatable bonds is 3. The van der Waals surface area contributed by atoms with Gasteiger partial charge in [0.05, 0.1) is 0 Å². The number of ether oxygens (including phenoxy) is 1. The van der Waals surface area contributed by atoms with Crippen LogP contribution in [-0.4, -0.2) is 11.6 Å². The van der Waals surface area contributed by atoms with Crippen molar-refractivity contribution in [3.63, 3.8) is 0 Å². The van der Waals surface area contributed by atoms with Gasteiger partial charge in [0.15, 0.2) is 0 Å². The molecule has 0 aliphatic heterocycles. The highest BCUT2D eigenvalue weighted by Crippen LogP contribution is 2.60. The molecule has 0 aromatic rings. The van der Waals surface area contributed by atoms with Crippen LogP contribution in [0.4, 0.5) is 0 Å². The van der Waals surface area contributed by atoms with E-state index >= 15 is 0 Å². The Morgan fingerprint density at radius 2 is 1.76 bits per heavy atom. The van der Waals surface area contributed by atoms with Gasteiger partial charge in [-0.25, -0.2) is 0 Å². The van der Waals surface area contributed by atoms with Crippen molar-refractivity contribution >= 4 is 5.97 Å². The summed E-state index contributed by atoms with van der Waals surface area (Å²) in [5.41, 5.74) is -0.193. The van der Waals surface area contributed by atoms with Crippen molar-refractivity contribution in [2.75, 3.05) is 0 Å². The molecule has 0 atom stereocenters. The van der Waals surface area contributed by atoms with E-state index in [1.165, 1.54) is 32.1 Å². The molecule has 0 heterocycles. The fraction of sp³-hybridized carbons (Fsp3) is 0.800. The lowest BCUT2D eigenvalue weighted by atomic mass is 9.49. The van der Waals surface area contributed by atoms with E-state index in [-0.39, 0.29) is 11.6 Å². The molecule has 0 aromatic carbocycles. The van der Waals surface area contributed by atoms with Crippen molar-refractivity contribution in [3.05, 3.63) is 12.7 Å². The summed E-state index contributed by atoms with van der Waals surface area (Å²) in [7, 11) is 0. The Kier molecular flexibility index (Phi) is 2.57. The second-order valence-electron chi connectivity index (χ2n) is 6.35. The van der Waals surface area contributed by atoms with Crippen molar-refractivity contribution in [1.29, 1.82) is 0 Å². The maximum absolute atomic E-state index is 11.5. The normalized spacial score (nSPS) is 46.9. The minimum absolute atomic E-state index is 0.112. The first kappa shape index (κ1) is 11.3. The Morgan fingerprint density at radius 3 is 2.18 bits per heavy atom. The quantitative estimate of drug-likeness (QED) is 0.553. The SMILES string of the molecule is C=CCC1(OC(C)=O)C2CC3CC(C2)CC1C3. The average Bonchev–Trinajstić information content (AvgIpc) is 2.24. The molecule has 2 nitrogen and oxygen atoms in total. The van der Waals surface area contributed by atoms with Gasteiger partial charge in [0.25, 0.3) is 0 Å². The van der Waals surface area contributed by atoms with Gasteiger partial charge in [-0.1, -0.05) is 6.08 Å². The van der Waals surface area contributed by atoms with Crippen LogP contribution in [0.25, 0.3) is 0 Å². The highest BCUT2D eigenvalue weighted by Gasteiger charge is 2.58. The Morgan fingerprint density at radius 1 is 1.24 bits per heavy atom. The van der Waals surface area contributed by atoms with E-state index in [4.69, 9.17) is 4.74 Å². The van der Waals surface area contributed by atoms with Gasteiger partial charge >= 0.3 is 5.97 Å². The van der Waals surface area contributed by atoms with E-state index in [0.717, 1.165) is 18.3 Å². The van der Waals surface area contributed by atoms with Gasteiger partial charge in [-0.3, -0.25) is 4.79 Å². The third kappa shape index (κ3) is 1.64. The Labute approximate surface area is 103 Å². The van der Waals surface area contributed by atoms with Crippen LogP contribution in [0.5, 0.6) is 0 Å². The summed E-state index contributed by atoms with van der Waals surface area (Å²) in [6.45, 7) is 5.42. The smallest absolute Gasteiger partial charge is 0.303 e. The Hall–Kier alpha value is -0.790. The van der Waals surface area contributed by atoms with Crippen LogP contribution in [0.1, 0.15) is 45.4 Å². The van der Waals surface area contributed by atoms with Crippen LogP contribution >= 0.6 is 0 Å². The van der Waals surface area contributed by atoms with Gasteiger partial charge < -0.3 is 4.74 Å². The molecule has 4 fully saturated rings. The lowest BCUT2D eigenvalue weighted by Crippen LogP contribution is -2.59. The predicted molar refractivity (Wildman–Crippen MR) is 66.4 cm³/mol. The molecule has 0 amide bonds. The van der Waals surface area contributed by atoms with E-state index in [1.54, 1.807) is 6.92 Å². The molecule has 17 heavy (non-hydrogen) atoms. The van der Waals surface area contributed by atoms with Crippen molar-refractivity contribution in [1.82, 2.24) is 0 Å². The van der Waals surface area contributed by atoms with Crippen LogP contribution in [0, 0.1) is 23.7 Å². The summed E-state index contributed by atoms with van der Waals surface area (Å²) in [6, 6.07) is 0. The molecule has 0 saturated heterocycles. The molecule has 94 valence electrons. The lowest BCUT2D eigenvalue weighted by molar-refractivity contribution is -0.206. The molecule has 4 saturated carbocycles. The summed E-state index contributed by atoms with van der Waals surface area (Å²) in [5, 5.41) is 0. The van der Waals surface area contributed by atoms with Crippen molar-refractivity contribution in [3.8, 4) is 0 Å². The zero-order chi connectivity index (χ0) is 12.0. The molecule has 0 radical (unpaired) electrons. The fourth-order valence-electron chi connectivity index (χ4n) is 5.02. The molecule has 0 aromatic heterocycles. The topological polar surface area (TPSA) is 26.3 Å². The zero-order valence-corrected chi connectivity index (χ0v) is 10.7. The predicted octanol–water partition coefficient (Wildman–Crippen LogP) is 3.32. The largest absolute Gasteiger partial charge is 0.458 e. The molecule has 4 bridgehead atoms. The second kappa shape index (κ2) is 3.86. The third-order valence-electron chi connectivity index (χ3n) is 5.32. The highest BCUT2D eigenvalue weighted by atomic mass is 16.6. The highest BCUT2D eigenvalue weighted by molar-refractivity contribution is 5.66. The standard InChI is InChI=1S/C15H22O2/c1-3-4-15(17-10(2)16)13-6-11-5-12(8-13)9-14(15)7-11/h3,11-14H,1,4-9H2,2H3. The first-order valence-corrected chi connectivity index (χ1v) is 6.94. The van der Waals surface area contributed by atoms with Crippen LogP contribution in [-0.2, 0) is 9.53 Å². The summed E-state index contributed by atoms with van der Waals surface area (Å²) in [4.78, 5) is 11.5. The van der Waals surface area contributed by atoms with E-state index in [0.29, 0.717) is 11.8 Å². The van der Waals surface area contributed by atoms with E-state index in [2.05, 4.69) is 6.58 Å². The maximum Gasteiger partial charge on any atom is 0.303 e. The van der Waals surface area contributed by atoms with Gasteiger partial charge in [-0.2, -0.15) is 0 Å². The molecule has 0 N–H and O–H groups in total. The van der Waals surface area contributed by atoms with Crippen molar-refractivity contribution < 1.29 is 9.53 Å². The summed E-state index contributed by atoms with van der Waals surface area (Å²) < 4.78 is 5.84. The molecule has 0 unspecified atom stereocenters. The first-order valence-electron chi connectivity index (χ1n) is 6.94. The van der Waals surface area contributed by atoms with Gasteiger partial charge in [-0.15, -0.1) is 6.58 Å². The minimum atomic E-state index is -0.193.